The minimum absolute atomic E-state index is 0.0924. The van der Waals surface area contributed by atoms with Crippen LogP contribution >= 0.6 is 0 Å². The van der Waals surface area contributed by atoms with Crippen molar-refractivity contribution in [3.63, 3.8) is 0 Å². The summed E-state index contributed by atoms with van der Waals surface area (Å²) >= 11 is 0. The van der Waals surface area contributed by atoms with Gasteiger partial charge < -0.3 is 10.1 Å². The Labute approximate surface area is 105 Å². The average Bonchev–Trinajstić information content (AvgIpc) is 2.30. The summed E-state index contributed by atoms with van der Waals surface area (Å²) in [5, 5.41) is 3.38. The number of ether oxygens (including phenoxy) is 1. The second-order valence-electron chi connectivity index (χ2n) is 5.82. The van der Waals surface area contributed by atoms with Crippen LogP contribution in [0.2, 0.25) is 0 Å². The Hall–Kier alpha value is -0.570. The molecule has 0 aliphatic heterocycles. The molecule has 0 amide bonds. The smallest absolute Gasteiger partial charge is 0.323 e. The highest BCUT2D eigenvalue weighted by atomic mass is 16.5. The van der Waals surface area contributed by atoms with E-state index in [4.69, 9.17) is 4.74 Å². The Morgan fingerprint density at radius 2 is 1.88 bits per heavy atom. The summed E-state index contributed by atoms with van der Waals surface area (Å²) in [6, 6.07) is -0.102. The summed E-state index contributed by atoms with van der Waals surface area (Å²) in [6.45, 7) is 7.49. The van der Waals surface area contributed by atoms with E-state index in [1.807, 2.05) is 0 Å². The number of hydrogen-bond donors (Lipinski definition) is 1. The quantitative estimate of drug-likeness (QED) is 0.752. The molecule has 1 fully saturated rings. The highest BCUT2D eigenvalue weighted by Gasteiger charge is 2.31. The van der Waals surface area contributed by atoms with Crippen LogP contribution in [0.15, 0.2) is 0 Å². The summed E-state index contributed by atoms with van der Waals surface area (Å²) < 4.78 is 4.92. The predicted octanol–water partition coefficient (Wildman–Crippen LogP) is 2.60. The van der Waals surface area contributed by atoms with Gasteiger partial charge in [-0.25, -0.2) is 0 Å². The molecule has 1 aliphatic carbocycles. The van der Waals surface area contributed by atoms with E-state index in [0.29, 0.717) is 11.8 Å². The van der Waals surface area contributed by atoms with Crippen LogP contribution in [0.25, 0.3) is 0 Å². The largest absolute Gasteiger partial charge is 0.468 e. The van der Waals surface area contributed by atoms with Crippen LogP contribution in [0, 0.1) is 17.8 Å². The van der Waals surface area contributed by atoms with Crippen LogP contribution in [0.5, 0.6) is 0 Å². The van der Waals surface area contributed by atoms with Crippen molar-refractivity contribution in [1.82, 2.24) is 5.32 Å². The summed E-state index contributed by atoms with van der Waals surface area (Å²) in [5.74, 6) is 1.74. The fraction of sp³-hybridized carbons (Fsp3) is 0.929. The summed E-state index contributed by atoms with van der Waals surface area (Å²) in [7, 11) is 1.48. The summed E-state index contributed by atoms with van der Waals surface area (Å²) in [5.41, 5.74) is 0. The molecule has 1 unspecified atom stereocenters. The van der Waals surface area contributed by atoms with Gasteiger partial charge in [0, 0.05) is 0 Å². The van der Waals surface area contributed by atoms with E-state index >= 15 is 0 Å². The van der Waals surface area contributed by atoms with Crippen molar-refractivity contribution in [3.8, 4) is 0 Å². The van der Waals surface area contributed by atoms with Crippen LogP contribution in [-0.4, -0.2) is 25.7 Å². The average molecular weight is 241 g/mol. The molecule has 0 aromatic heterocycles. The first kappa shape index (κ1) is 14.5. The van der Waals surface area contributed by atoms with Gasteiger partial charge in [-0.1, -0.05) is 33.6 Å². The van der Waals surface area contributed by atoms with Crippen molar-refractivity contribution in [2.45, 2.75) is 52.5 Å². The molecule has 17 heavy (non-hydrogen) atoms. The molecule has 1 N–H and O–H groups in total. The van der Waals surface area contributed by atoms with E-state index in [1.165, 1.54) is 20.0 Å². The van der Waals surface area contributed by atoms with Gasteiger partial charge >= 0.3 is 5.97 Å². The van der Waals surface area contributed by atoms with Crippen LogP contribution in [0.3, 0.4) is 0 Å². The van der Waals surface area contributed by atoms with E-state index in [-0.39, 0.29) is 12.0 Å². The number of hydrogen-bond acceptors (Lipinski definition) is 3. The molecule has 1 atom stereocenters. The first-order valence-corrected chi connectivity index (χ1v) is 6.85. The fourth-order valence-corrected chi connectivity index (χ4v) is 2.55. The molecule has 0 bridgehead atoms. The van der Waals surface area contributed by atoms with Crippen LogP contribution in [-0.2, 0) is 9.53 Å². The molecule has 3 nitrogen and oxygen atoms in total. The van der Waals surface area contributed by atoms with E-state index < -0.39 is 0 Å². The lowest BCUT2D eigenvalue weighted by Crippen LogP contribution is -2.46. The molecule has 0 aromatic rings. The lowest BCUT2D eigenvalue weighted by Gasteiger charge is -2.32. The maximum Gasteiger partial charge on any atom is 0.323 e. The van der Waals surface area contributed by atoms with Gasteiger partial charge in [-0.3, -0.25) is 4.79 Å². The van der Waals surface area contributed by atoms with Gasteiger partial charge in [0.25, 0.3) is 0 Å². The van der Waals surface area contributed by atoms with Gasteiger partial charge in [-0.2, -0.15) is 0 Å². The highest BCUT2D eigenvalue weighted by molar-refractivity contribution is 5.76. The minimum atomic E-state index is -0.102. The third-order valence-electron chi connectivity index (χ3n) is 3.73. The topological polar surface area (TPSA) is 38.3 Å². The molecule has 100 valence electrons. The molecule has 0 radical (unpaired) electrons. The molecule has 1 rings (SSSR count). The Morgan fingerprint density at radius 1 is 1.29 bits per heavy atom. The van der Waals surface area contributed by atoms with Gasteiger partial charge in [0.2, 0.25) is 0 Å². The predicted molar refractivity (Wildman–Crippen MR) is 69.8 cm³/mol. The van der Waals surface area contributed by atoms with E-state index in [0.717, 1.165) is 25.3 Å². The van der Waals surface area contributed by atoms with Crippen LogP contribution in [0.4, 0.5) is 0 Å². The Morgan fingerprint density at radius 3 is 2.35 bits per heavy atom. The van der Waals surface area contributed by atoms with E-state index in [1.54, 1.807) is 0 Å². The van der Waals surface area contributed by atoms with Crippen molar-refractivity contribution in [2.75, 3.05) is 13.7 Å². The zero-order chi connectivity index (χ0) is 12.8. The molecule has 3 heteroatoms. The van der Waals surface area contributed by atoms with Crippen molar-refractivity contribution < 1.29 is 9.53 Å². The van der Waals surface area contributed by atoms with Crippen molar-refractivity contribution in [2.24, 2.45) is 17.8 Å². The maximum absolute atomic E-state index is 11.8. The number of carbonyl (C=O) groups excluding carboxylic acids is 1. The number of esters is 1. The molecular weight excluding hydrogens is 214 g/mol. The third-order valence-corrected chi connectivity index (χ3v) is 3.73. The normalized spacial score (nSPS) is 26.9. The summed E-state index contributed by atoms with van der Waals surface area (Å²) in [4.78, 5) is 11.8. The Balaban J connectivity index is 2.53. The van der Waals surface area contributed by atoms with Gasteiger partial charge in [-0.05, 0) is 37.1 Å². The number of carbonyl (C=O) groups is 1. The molecule has 0 aromatic carbocycles. The fourth-order valence-electron chi connectivity index (χ4n) is 2.55. The maximum atomic E-state index is 11.8. The number of nitrogens with one attached hydrogen (secondary N) is 1. The van der Waals surface area contributed by atoms with Crippen molar-refractivity contribution >= 4 is 5.97 Å². The van der Waals surface area contributed by atoms with Crippen LogP contribution in [0.1, 0.15) is 46.5 Å². The molecule has 0 saturated heterocycles. The number of methoxy groups -OCH3 is 1. The first-order chi connectivity index (χ1) is 8.04. The van der Waals surface area contributed by atoms with E-state index in [9.17, 15) is 4.79 Å². The molecular formula is C14H27NO2. The van der Waals surface area contributed by atoms with Gasteiger partial charge in [0.1, 0.15) is 6.04 Å². The highest BCUT2D eigenvalue weighted by Crippen LogP contribution is 2.30. The lowest BCUT2D eigenvalue weighted by atomic mass is 9.79. The third kappa shape index (κ3) is 4.66. The second kappa shape index (κ2) is 7.00. The van der Waals surface area contributed by atoms with Crippen molar-refractivity contribution in [1.29, 1.82) is 0 Å². The van der Waals surface area contributed by atoms with Crippen molar-refractivity contribution in [3.05, 3.63) is 0 Å². The van der Waals surface area contributed by atoms with E-state index in [2.05, 4.69) is 26.1 Å². The zero-order valence-electron chi connectivity index (χ0n) is 11.7. The second-order valence-corrected chi connectivity index (χ2v) is 5.82. The molecule has 0 heterocycles. The van der Waals surface area contributed by atoms with Gasteiger partial charge in [0.15, 0.2) is 0 Å². The zero-order valence-corrected chi connectivity index (χ0v) is 11.7. The lowest BCUT2D eigenvalue weighted by molar-refractivity contribution is -0.145. The minimum Gasteiger partial charge on any atom is -0.468 e. The number of rotatable bonds is 5. The molecule has 0 spiro atoms. The Bertz CT molecular complexity index is 232. The monoisotopic (exact) mass is 241 g/mol. The SMILES string of the molecule is COC(=O)C(NCC(C)C)C1CCC(C)CC1. The molecule has 1 saturated carbocycles. The molecule has 1 aliphatic rings. The first-order valence-electron chi connectivity index (χ1n) is 6.85. The van der Waals surface area contributed by atoms with Gasteiger partial charge in [-0.15, -0.1) is 0 Å². The van der Waals surface area contributed by atoms with Gasteiger partial charge in [0.05, 0.1) is 7.11 Å². The Kier molecular flexibility index (Phi) is 5.96. The van der Waals surface area contributed by atoms with Crippen LogP contribution < -0.4 is 5.32 Å². The summed E-state index contributed by atoms with van der Waals surface area (Å²) in [6.07, 6.45) is 4.76. The standard InChI is InChI=1S/C14H27NO2/c1-10(2)9-15-13(14(16)17-4)12-7-5-11(3)6-8-12/h10-13,15H,5-9H2,1-4H3.